The van der Waals surface area contributed by atoms with Gasteiger partial charge in [-0.15, -0.1) is 0 Å². The van der Waals surface area contributed by atoms with E-state index in [4.69, 9.17) is 5.73 Å². The molecule has 0 bridgehead atoms. The zero-order chi connectivity index (χ0) is 11.4. The van der Waals surface area contributed by atoms with E-state index in [1.807, 2.05) is 0 Å². The van der Waals surface area contributed by atoms with Gasteiger partial charge in [0, 0.05) is 25.7 Å². The topological polar surface area (TPSA) is 60.9 Å². The van der Waals surface area contributed by atoms with Gasteiger partial charge in [0.1, 0.15) is 5.69 Å². The van der Waals surface area contributed by atoms with Crippen LogP contribution >= 0.6 is 0 Å². The Morgan fingerprint density at radius 1 is 1.60 bits per heavy atom. The van der Waals surface area contributed by atoms with Crippen LogP contribution in [0.1, 0.15) is 30.8 Å². The monoisotopic (exact) mass is 209 g/mol. The quantitative estimate of drug-likeness (QED) is 0.742. The lowest BCUT2D eigenvalue weighted by Crippen LogP contribution is -2.25. The van der Waals surface area contributed by atoms with E-state index < -0.39 is 0 Å². The lowest BCUT2D eigenvalue weighted by Gasteiger charge is -2.14. The van der Waals surface area contributed by atoms with E-state index in [0.29, 0.717) is 18.2 Å². The summed E-state index contributed by atoms with van der Waals surface area (Å²) in [6.07, 6.45) is 2.60. The van der Waals surface area contributed by atoms with E-state index in [0.717, 1.165) is 6.42 Å². The first kappa shape index (κ1) is 11.9. The first-order chi connectivity index (χ1) is 7.04. The number of ketones is 1. The van der Waals surface area contributed by atoms with Crippen molar-refractivity contribution in [2.24, 2.45) is 24.6 Å². The Morgan fingerprint density at radius 3 is 2.67 bits per heavy atom. The fourth-order valence-electron chi connectivity index (χ4n) is 1.63. The van der Waals surface area contributed by atoms with Crippen molar-refractivity contribution >= 4 is 5.78 Å². The van der Waals surface area contributed by atoms with Gasteiger partial charge in [0.15, 0.2) is 5.78 Å². The maximum absolute atomic E-state index is 12.0. The number of carbonyl (C=O) groups excluding carboxylic acids is 1. The van der Waals surface area contributed by atoms with Crippen molar-refractivity contribution in [2.75, 3.05) is 6.54 Å². The number of nitrogens with zero attached hydrogens (tertiary/aromatic N) is 2. The highest BCUT2D eigenvalue weighted by atomic mass is 16.1. The minimum atomic E-state index is -0.0973. The third-order valence-electron chi connectivity index (χ3n) is 2.38. The molecule has 84 valence electrons. The zero-order valence-corrected chi connectivity index (χ0v) is 9.60. The summed E-state index contributed by atoms with van der Waals surface area (Å²) in [6, 6.07) is 1.74. The lowest BCUT2D eigenvalue weighted by atomic mass is 9.92. The van der Waals surface area contributed by atoms with Crippen LogP contribution in [0.3, 0.4) is 0 Å². The molecule has 4 nitrogen and oxygen atoms in total. The minimum Gasteiger partial charge on any atom is -0.330 e. The number of hydrogen-bond acceptors (Lipinski definition) is 3. The summed E-state index contributed by atoms with van der Waals surface area (Å²) in [7, 11) is 1.80. The molecule has 0 saturated carbocycles. The van der Waals surface area contributed by atoms with E-state index >= 15 is 0 Å². The molecule has 2 N–H and O–H groups in total. The van der Waals surface area contributed by atoms with Crippen molar-refractivity contribution in [3.05, 3.63) is 18.0 Å². The molecule has 0 aliphatic carbocycles. The summed E-state index contributed by atoms with van der Waals surface area (Å²) in [5.74, 6) is 0.443. The van der Waals surface area contributed by atoms with E-state index in [2.05, 4.69) is 18.9 Å². The fraction of sp³-hybridized carbons (Fsp3) is 0.636. The number of carbonyl (C=O) groups is 1. The number of aromatic nitrogens is 2. The van der Waals surface area contributed by atoms with Crippen LogP contribution < -0.4 is 5.73 Å². The van der Waals surface area contributed by atoms with E-state index in [-0.39, 0.29) is 11.7 Å². The van der Waals surface area contributed by atoms with Crippen molar-refractivity contribution in [3.8, 4) is 0 Å². The predicted molar refractivity (Wildman–Crippen MR) is 59.5 cm³/mol. The van der Waals surface area contributed by atoms with Gasteiger partial charge in [0.2, 0.25) is 0 Å². The van der Waals surface area contributed by atoms with Crippen LogP contribution in [0.4, 0.5) is 0 Å². The van der Waals surface area contributed by atoms with Crippen molar-refractivity contribution in [1.29, 1.82) is 0 Å². The molecule has 4 heteroatoms. The van der Waals surface area contributed by atoms with Crippen LogP contribution in [0.2, 0.25) is 0 Å². The summed E-state index contributed by atoms with van der Waals surface area (Å²) < 4.78 is 1.64. The number of rotatable bonds is 5. The SMILES string of the molecule is CC(C)CC(CN)C(=O)c1ccn(C)n1. The van der Waals surface area contributed by atoms with E-state index in [1.54, 1.807) is 24.0 Å². The molecular weight excluding hydrogens is 190 g/mol. The van der Waals surface area contributed by atoms with E-state index in [9.17, 15) is 4.79 Å². The van der Waals surface area contributed by atoms with Crippen LogP contribution in [-0.4, -0.2) is 22.1 Å². The van der Waals surface area contributed by atoms with Crippen LogP contribution in [-0.2, 0) is 7.05 Å². The number of nitrogens with two attached hydrogens (primary N) is 1. The van der Waals surface area contributed by atoms with Gasteiger partial charge in [-0.1, -0.05) is 13.8 Å². The minimum absolute atomic E-state index is 0.0619. The molecule has 1 rings (SSSR count). The Labute approximate surface area is 90.5 Å². The fourth-order valence-corrected chi connectivity index (χ4v) is 1.63. The predicted octanol–water partition coefficient (Wildman–Crippen LogP) is 1.22. The normalized spacial score (nSPS) is 13.1. The highest BCUT2D eigenvalue weighted by Gasteiger charge is 2.21. The molecular formula is C11H19N3O. The number of Topliss-reactive ketones (excluding diaryl/α,β-unsaturated/α-hetero) is 1. The molecule has 0 saturated heterocycles. The smallest absolute Gasteiger partial charge is 0.187 e. The molecule has 0 fully saturated rings. The Morgan fingerprint density at radius 2 is 2.27 bits per heavy atom. The van der Waals surface area contributed by atoms with Gasteiger partial charge in [-0.3, -0.25) is 9.48 Å². The third-order valence-corrected chi connectivity index (χ3v) is 2.38. The second-order valence-corrected chi connectivity index (χ2v) is 4.30. The van der Waals surface area contributed by atoms with Crippen molar-refractivity contribution in [3.63, 3.8) is 0 Å². The number of hydrogen-bond donors (Lipinski definition) is 1. The summed E-state index contributed by atoms with van der Waals surface area (Å²) >= 11 is 0. The molecule has 0 spiro atoms. The Bertz CT molecular complexity index is 330. The molecule has 15 heavy (non-hydrogen) atoms. The van der Waals surface area contributed by atoms with Gasteiger partial charge in [0.25, 0.3) is 0 Å². The molecule has 1 heterocycles. The Kier molecular flexibility index (Phi) is 4.03. The molecule has 0 aliphatic rings. The molecule has 1 unspecified atom stereocenters. The maximum atomic E-state index is 12.0. The Hall–Kier alpha value is -1.16. The van der Waals surface area contributed by atoms with Gasteiger partial charge in [0.05, 0.1) is 0 Å². The van der Waals surface area contributed by atoms with E-state index in [1.165, 1.54) is 0 Å². The standard InChI is InChI=1S/C11H19N3O/c1-8(2)6-9(7-12)11(15)10-4-5-14(3)13-10/h4-5,8-9H,6-7,12H2,1-3H3. The summed E-state index contributed by atoms with van der Waals surface area (Å²) in [4.78, 5) is 12.0. The second kappa shape index (κ2) is 5.07. The van der Waals surface area contributed by atoms with Crippen LogP contribution in [0, 0.1) is 11.8 Å². The molecule has 0 amide bonds. The molecule has 0 aliphatic heterocycles. The van der Waals surface area contributed by atoms with Crippen LogP contribution in [0.5, 0.6) is 0 Å². The van der Waals surface area contributed by atoms with Gasteiger partial charge in [-0.25, -0.2) is 0 Å². The van der Waals surface area contributed by atoms with Gasteiger partial charge < -0.3 is 5.73 Å². The van der Waals surface area contributed by atoms with Crippen molar-refractivity contribution in [2.45, 2.75) is 20.3 Å². The van der Waals surface area contributed by atoms with Gasteiger partial charge >= 0.3 is 0 Å². The first-order valence-corrected chi connectivity index (χ1v) is 5.28. The van der Waals surface area contributed by atoms with Crippen molar-refractivity contribution < 1.29 is 4.79 Å². The van der Waals surface area contributed by atoms with Crippen LogP contribution in [0.15, 0.2) is 12.3 Å². The third kappa shape index (κ3) is 3.16. The Balaban J connectivity index is 2.73. The van der Waals surface area contributed by atoms with Crippen molar-refractivity contribution in [1.82, 2.24) is 9.78 Å². The second-order valence-electron chi connectivity index (χ2n) is 4.30. The largest absolute Gasteiger partial charge is 0.330 e. The highest BCUT2D eigenvalue weighted by Crippen LogP contribution is 2.15. The van der Waals surface area contributed by atoms with Gasteiger partial charge in [-0.2, -0.15) is 5.10 Å². The highest BCUT2D eigenvalue weighted by molar-refractivity contribution is 5.96. The average Bonchev–Trinajstić information content (AvgIpc) is 2.60. The lowest BCUT2D eigenvalue weighted by molar-refractivity contribution is 0.0903. The number of aryl methyl sites for hydroxylation is 1. The molecule has 0 radical (unpaired) electrons. The zero-order valence-electron chi connectivity index (χ0n) is 9.60. The summed E-state index contributed by atoms with van der Waals surface area (Å²) in [5.41, 5.74) is 6.13. The van der Waals surface area contributed by atoms with Gasteiger partial charge in [-0.05, 0) is 18.4 Å². The molecule has 1 aromatic heterocycles. The molecule has 1 atom stereocenters. The molecule has 1 aromatic rings. The summed E-state index contributed by atoms with van der Waals surface area (Å²) in [5, 5.41) is 4.10. The van der Waals surface area contributed by atoms with Crippen LogP contribution in [0.25, 0.3) is 0 Å². The molecule has 0 aromatic carbocycles. The first-order valence-electron chi connectivity index (χ1n) is 5.28. The summed E-state index contributed by atoms with van der Waals surface area (Å²) in [6.45, 7) is 4.58. The maximum Gasteiger partial charge on any atom is 0.187 e. The average molecular weight is 209 g/mol.